The average molecular weight is 323 g/mol. The molecule has 23 heavy (non-hydrogen) atoms. The zero-order valence-electron chi connectivity index (χ0n) is 13.7. The Morgan fingerprint density at radius 1 is 1.04 bits per heavy atom. The summed E-state index contributed by atoms with van der Waals surface area (Å²) < 4.78 is 0. The Balaban J connectivity index is 2.33. The van der Waals surface area contributed by atoms with Gasteiger partial charge in [0.05, 0.1) is 5.70 Å². The van der Waals surface area contributed by atoms with Gasteiger partial charge in [-0.05, 0) is 37.5 Å². The number of rotatable bonds is 5. The third-order valence-electron chi connectivity index (χ3n) is 3.42. The summed E-state index contributed by atoms with van der Waals surface area (Å²) in [7, 11) is 0. The zero-order chi connectivity index (χ0) is 16.8. The van der Waals surface area contributed by atoms with Crippen LogP contribution >= 0.6 is 11.8 Å². The van der Waals surface area contributed by atoms with Crippen molar-refractivity contribution in [2.45, 2.75) is 25.7 Å². The maximum atomic E-state index is 12.0. The molecular formula is C20H21NOS. The van der Waals surface area contributed by atoms with E-state index in [1.165, 1.54) is 16.0 Å². The highest BCUT2D eigenvalue weighted by atomic mass is 32.2. The van der Waals surface area contributed by atoms with Gasteiger partial charge in [-0.2, -0.15) is 0 Å². The fourth-order valence-corrected chi connectivity index (χ4v) is 3.06. The number of nitrogens with one attached hydrogen (secondary N) is 1. The molecule has 2 aromatic carbocycles. The van der Waals surface area contributed by atoms with Gasteiger partial charge in [-0.25, -0.2) is 0 Å². The predicted molar refractivity (Wildman–Crippen MR) is 99.1 cm³/mol. The third-order valence-corrected chi connectivity index (χ3v) is 4.66. The first-order chi connectivity index (χ1) is 11.0. The van der Waals surface area contributed by atoms with Crippen molar-refractivity contribution in [3.63, 3.8) is 0 Å². The molecule has 0 heterocycles. The van der Waals surface area contributed by atoms with Crippen molar-refractivity contribution >= 4 is 23.4 Å². The van der Waals surface area contributed by atoms with E-state index in [9.17, 15) is 4.79 Å². The van der Waals surface area contributed by atoms with E-state index < -0.39 is 0 Å². The summed E-state index contributed by atoms with van der Waals surface area (Å²) in [4.78, 5) is 13.2. The van der Waals surface area contributed by atoms with Gasteiger partial charge >= 0.3 is 0 Å². The van der Waals surface area contributed by atoms with Crippen LogP contribution < -0.4 is 5.32 Å². The molecule has 0 saturated heterocycles. The van der Waals surface area contributed by atoms with E-state index in [0.717, 1.165) is 11.3 Å². The minimum absolute atomic E-state index is 0.165. The van der Waals surface area contributed by atoms with Crippen molar-refractivity contribution in [3.8, 4) is 0 Å². The van der Waals surface area contributed by atoms with E-state index >= 15 is 0 Å². The standard InChI is InChI=1S/C20H21NOS/c1-14(2)20(22)21-18(17-11-6-5-7-12-17)13-23-19-15(3)9-8-10-16(19)4/h5-13H,1H2,2-4H3,(H,21,22). The monoisotopic (exact) mass is 323 g/mol. The zero-order valence-corrected chi connectivity index (χ0v) is 14.5. The Morgan fingerprint density at radius 3 is 2.22 bits per heavy atom. The Labute approximate surface area is 142 Å². The molecule has 0 fully saturated rings. The van der Waals surface area contributed by atoms with E-state index in [4.69, 9.17) is 0 Å². The van der Waals surface area contributed by atoms with Crippen LogP contribution in [0.2, 0.25) is 0 Å². The highest BCUT2D eigenvalue weighted by molar-refractivity contribution is 8.02. The summed E-state index contributed by atoms with van der Waals surface area (Å²) in [6, 6.07) is 16.1. The normalized spacial score (nSPS) is 11.2. The van der Waals surface area contributed by atoms with Crippen molar-refractivity contribution < 1.29 is 4.79 Å². The topological polar surface area (TPSA) is 29.1 Å². The quantitative estimate of drug-likeness (QED) is 0.613. The molecule has 0 spiro atoms. The molecule has 1 N–H and O–H groups in total. The van der Waals surface area contributed by atoms with Crippen LogP contribution in [-0.2, 0) is 4.79 Å². The lowest BCUT2D eigenvalue weighted by molar-refractivity contribution is -0.116. The first-order valence-electron chi connectivity index (χ1n) is 7.44. The second kappa shape index (κ2) is 7.84. The first kappa shape index (κ1) is 17.1. The summed E-state index contributed by atoms with van der Waals surface area (Å²) in [5.74, 6) is -0.165. The molecule has 0 radical (unpaired) electrons. The SMILES string of the molecule is C=C(C)C(=O)NC(=CSc1c(C)cccc1C)c1ccccc1. The largest absolute Gasteiger partial charge is 0.321 e. The molecule has 1 amide bonds. The number of carbonyl (C=O) groups excluding carboxylic acids is 1. The maximum Gasteiger partial charge on any atom is 0.250 e. The highest BCUT2D eigenvalue weighted by Gasteiger charge is 2.09. The fraction of sp³-hybridized carbons (Fsp3) is 0.150. The lowest BCUT2D eigenvalue weighted by Crippen LogP contribution is -2.22. The summed E-state index contributed by atoms with van der Waals surface area (Å²) in [5.41, 5.74) is 4.70. The fourth-order valence-electron chi connectivity index (χ4n) is 2.12. The summed E-state index contributed by atoms with van der Waals surface area (Å²) in [5, 5.41) is 4.94. The molecule has 0 unspecified atom stereocenters. The molecule has 0 bridgehead atoms. The van der Waals surface area contributed by atoms with E-state index in [-0.39, 0.29) is 5.91 Å². The van der Waals surface area contributed by atoms with Crippen LogP contribution in [-0.4, -0.2) is 5.91 Å². The smallest absolute Gasteiger partial charge is 0.250 e. The van der Waals surface area contributed by atoms with Crippen molar-refractivity contribution in [3.05, 3.63) is 82.8 Å². The lowest BCUT2D eigenvalue weighted by atomic mass is 10.1. The van der Waals surface area contributed by atoms with Gasteiger partial charge in [0.15, 0.2) is 0 Å². The molecule has 2 nitrogen and oxygen atoms in total. The third kappa shape index (κ3) is 4.60. The van der Waals surface area contributed by atoms with Crippen molar-refractivity contribution in [1.29, 1.82) is 0 Å². The van der Waals surface area contributed by atoms with Gasteiger partial charge in [-0.1, -0.05) is 66.9 Å². The lowest BCUT2D eigenvalue weighted by Gasteiger charge is -2.12. The van der Waals surface area contributed by atoms with Gasteiger partial charge in [0.2, 0.25) is 0 Å². The molecular weight excluding hydrogens is 302 g/mol. The minimum Gasteiger partial charge on any atom is -0.321 e. The summed E-state index contributed by atoms with van der Waals surface area (Å²) in [6.45, 7) is 9.60. The molecule has 0 aromatic heterocycles. The molecule has 2 aromatic rings. The van der Waals surface area contributed by atoms with E-state index in [1.807, 2.05) is 35.7 Å². The molecule has 3 heteroatoms. The van der Waals surface area contributed by atoms with Crippen LogP contribution in [0.3, 0.4) is 0 Å². The summed E-state index contributed by atoms with van der Waals surface area (Å²) >= 11 is 1.62. The van der Waals surface area contributed by atoms with Crippen molar-refractivity contribution in [2.75, 3.05) is 0 Å². The highest BCUT2D eigenvalue weighted by Crippen LogP contribution is 2.29. The first-order valence-corrected chi connectivity index (χ1v) is 8.32. The van der Waals surface area contributed by atoms with E-state index in [0.29, 0.717) is 5.57 Å². The molecule has 0 aliphatic carbocycles. The second-order valence-electron chi connectivity index (χ2n) is 5.47. The number of amides is 1. The minimum atomic E-state index is -0.165. The Bertz CT molecular complexity index is 727. The second-order valence-corrected chi connectivity index (χ2v) is 6.35. The van der Waals surface area contributed by atoms with E-state index in [1.54, 1.807) is 18.7 Å². The van der Waals surface area contributed by atoms with Gasteiger partial charge < -0.3 is 5.32 Å². The average Bonchev–Trinajstić information content (AvgIpc) is 2.53. The molecule has 118 valence electrons. The number of thioether (sulfide) groups is 1. The van der Waals surface area contributed by atoms with Crippen LogP contribution in [0, 0.1) is 13.8 Å². The number of benzene rings is 2. The van der Waals surface area contributed by atoms with Gasteiger partial charge in [0, 0.05) is 15.9 Å². The van der Waals surface area contributed by atoms with Crippen LogP contribution in [0.25, 0.3) is 5.70 Å². The predicted octanol–water partition coefficient (Wildman–Crippen LogP) is 5.09. The molecule has 2 rings (SSSR count). The van der Waals surface area contributed by atoms with Gasteiger partial charge in [0.1, 0.15) is 0 Å². The van der Waals surface area contributed by atoms with Crippen LogP contribution in [0.15, 0.2) is 71.0 Å². The van der Waals surface area contributed by atoms with Crippen molar-refractivity contribution in [2.24, 2.45) is 0 Å². The van der Waals surface area contributed by atoms with Crippen molar-refractivity contribution in [1.82, 2.24) is 5.32 Å². The maximum absolute atomic E-state index is 12.0. The van der Waals surface area contributed by atoms with Gasteiger partial charge in [-0.3, -0.25) is 4.79 Å². The Morgan fingerprint density at radius 2 is 1.65 bits per heavy atom. The molecule has 0 atom stereocenters. The van der Waals surface area contributed by atoms with Crippen LogP contribution in [0.5, 0.6) is 0 Å². The Hall–Kier alpha value is -2.26. The Kier molecular flexibility index (Phi) is 5.83. The molecule has 0 saturated carbocycles. The van der Waals surface area contributed by atoms with E-state index in [2.05, 4.69) is 43.9 Å². The number of hydrogen-bond donors (Lipinski definition) is 1. The van der Waals surface area contributed by atoms with Gasteiger partial charge in [-0.15, -0.1) is 0 Å². The molecule has 0 aliphatic heterocycles. The summed E-state index contributed by atoms with van der Waals surface area (Å²) in [6.07, 6.45) is 0. The number of aryl methyl sites for hydroxylation is 2. The van der Waals surface area contributed by atoms with Gasteiger partial charge in [0.25, 0.3) is 5.91 Å². The number of carbonyl (C=O) groups is 1. The molecule has 0 aliphatic rings. The number of hydrogen-bond acceptors (Lipinski definition) is 2. The van der Waals surface area contributed by atoms with Crippen LogP contribution in [0.1, 0.15) is 23.6 Å². The van der Waals surface area contributed by atoms with Crippen LogP contribution in [0.4, 0.5) is 0 Å².